The molecule has 0 spiro atoms. The van der Waals surface area contributed by atoms with Crippen molar-refractivity contribution in [3.63, 3.8) is 0 Å². The van der Waals surface area contributed by atoms with Crippen LogP contribution < -0.4 is 10.6 Å². The third-order valence-electron chi connectivity index (χ3n) is 4.07. The Morgan fingerprint density at radius 2 is 1.70 bits per heavy atom. The van der Waals surface area contributed by atoms with E-state index >= 15 is 0 Å². The van der Waals surface area contributed by atoms with E-state index in [1.165, 1.54) is 44.2 Å². The summed E-state index contributed by atoms with van der Waals surface area (Å²) in [7, 11) is 2.38. The standard InChI is InChI=1S/C19H22N2O8S/c1-4-29-19(26)13-9-30-14(16(23)21-13)8-15(22)20-12-6-10(17(24)27-2)5-11(7-12)18(25)28-3/h5-7,13-14H,4,8-9H2,1-3H3,(H,20,22)(H,21,23)/t13-,14-/m1/s1. The van der Waals surface area contributed by atoms with Crippen molar-refractivity contribution < 1.29 is 38.2 Å². The first-order chi connectivity index (χ1) is 14.3. The van der Waals surface area contributed by atoms with Gasteiger partial charge in [0.05, 0.1) is 37.2 Å². The second-order valence-corrected chi connectivity index (χ2v) is 7.41. The fraction of sp³-hybridized carbons (Fsp3) is 0.421. The molecule has 11 heteroatoms. The Labute approximate surface area is 177 Å². The molecule has 10 nitrogen and oxygen atoms in total. The van der Waals surface area contributed by atoms with Crippen LogP contribution in [0.3, 0.4) is 0 Å². The molecule has 2 rings (SSSR count). The first-order valence-electron chi connectivity index (χ1n) is 8.99. The SMILES string of the molecule is CCOC(=O)[C@H]1CS[C@H](CC(=O)Nc2cc(C(=O)OC)cc(C(=O)OC)c2)C(=O)N1. The van der Waals surface area contributed by atoms with E-state index in [4.69, 9.17) is 4.74 Å². The Hall–Kier alpha value is -3.08. The van der Waals surface area contributed by atoms with Crippen LogP contribution in [-0.4, -0.2) is 67.6 Å². The number of hydrogen-bond acceptors (Lipinski definition) is 9. The number of benzene rings is 1. The van der Waals surface area contributed by atoms with Crippen molar-refractivity contribution >= 4 is 47.2 Å². The van der Waals surface area contributed by atoms with Crippen molar-refractivity contribution in [2.24, 2.45) is 0 Å². The number of ether oxygens (including phenoxy) is 3. The largest absolute Gasteiger partial charge is 0.465 e. The van der Waals surface area contributed by atoms with Crippen LogP contribution in [0.2, 0.25) is 0 Å². The molecule has 2 N–H and O–H groups in total. The van der Waals surface area contributed by atoms with Crippen molar-refractivity contribution in [3.05, 3.63) is 29.3 Å². The van der Waals surface area contributed by atoms with Gasteiger partial charge in [-0.15, -0.1) is 11.8 Å². The average molecular weight is 438 g/mol. The van der Waals surface area contributed by atoms with Gasteiger partial charge in [0.1, 0.15) is 6.04 Å². The number of thioether (sulfide) groups is 1. The number of nitrogens with one attached hydrogen (secondary N) is 2. The fourth-order valence-electron chi connectivity index (χ4n) is 2.67. The van der Waals surface area contributed by atoms with Crippen molar-refractivity contribution in [3.8, 4) is 0 Å². The molecular weight excluding hydrogens is 416 g/mol. The predicted molar refractivity (Wildman–Crippen MR) is 107 cm³/mol. The molecule has 162 valence electrons. The Balaban J connectivity index is 2.05. The van der Waals surface area contributed by atoms with Crippen LogP contribution in [0.5, 0.6) is 0 Å². The number of amides is 2. The summed E-state index contributed by atoms with van der Waals surface area (Å²) in [6.45, 7) is 1.88. The highest BCUT2D eigenvalue weighted by Gasteiger charge is 2.34. The maximum Gasteiger partial charge on any atom is 0.337 e. The zero-order chi connectivity index (χ0) is 22.3. The van der Waals surface area contributed by atoms with Gasteiger partial charge < -0.3 is 24.8 Å². The molecule has 1 heterocycles. The lowest BCUT2D eigenvalue weighted by molar-refractivity contribution is -0.146. The molecule has 1 aliphatic heterocycles. The van der Waals surface area contributed by atoms with Gasteiger partial charge in [0.25, 0.3) is 0 Å². The topological polar surface area (TPSA) is 137 Å². The van der Waals surface area contributed by atoms with Crippen LogP contribution in [0.1, 0.15) is 34.1 Å². The molecule has 0 bridgehead atoms. The summed E-state index contributed by atoms with van der Waals surface area (Å²) in [6.07, 6.45) is -0.165. The lowest BCUT2D eigenvalue weighted by atomic mass is 10.1. The lowest BCUT2D eigenvalue weighted by Gasteiger charge is -2.27. The van der Waals surface area contributed by atoms with Gasteiger partial charge in [-0.05, 0) is 25.1 Å². The third-order valence-corrected chi connectivity index (χ3v) is 5.38. The molecule has 2 amide bonds. The van der Waals surface area contributed by atoms with E-state index in [-0.39, 0.29) is 35.6 Å². The van der Waals surface area contributed by atoms with Crippen LogP contribution in [0, 0.1) is 0 Å². The van der Waals surface area contributed by atoms with Crippen molar-refractivity contribution in [2.75, 3.05) is 31.9 Å². The molecule has 1 aromatic rings. The second kappa shape index (κ2) is 10.6. The van der Waals surface area contributed by atoms with Crippen LogP contribution in [0.25, 0.3) is 0 Å². The van der Waals surface area contributed by atoms with E-state index in [0.29, 0.717) is 0 Å². The molecule has 0 aromatic heterocycles. The van der Waals surface area contributed by atoms with Gasteiger partial charge in [0.15, 0.2) is 0 Å². The highest BCUT2D eigenvalue weighted by atomic mass is 32.2. The minimum Gasteiger partial charge on any atom is -0.465 e. The first kappa shape index (κ1) is 23.2. The van der Waals surface area contributed by atoms with Gasteiger partial charge in [-0.2, -0.15) is 0 Å². The van der Waals surface area contributed by atoms with Gasteiger partial charge in [0, 0.05) is 17.9 Å². The maximum atomic E-state index is 12.4. The molecule has 30 heavy (non-hydrogen) atoms. The Bertz CT molecular complexity index is 823. The number of carbonyl (C=O) groups is 5. The van der Waals surface area contributed by atoms with E-state index in [1.54, 1.807) is 6.92 Å². The van der Waals surface area contributed by atoms with Crippen LogP contribution >= 0.6 is 11.8 Å². The quantitative estimate of drug-likeness (QED) is 0.467. The van der Waals surface area contributed by atoms with Crippen molar-refractivity contribution in [1.82, 2.24) is 5.32 Å². The van der Waals surface area contributed by atoms with E-state index in [9.17, 15) is 24.0 Å². The monoisotopic (exact) mass is 438 g/mol. The summed E-state index contributed by atoms with van der Waals surface area (Å²) in [5.74, 6) is -2.57. The maximum absolute atomic E-state index is 12.4. The second-order valence-electron chi connectivity index (χ2n) is 6.17. The summed E-state index contributed by atoms with van der Waals surface area (Å²) < 4.78 is 14.2. The van der Waals surface area contributed by atoms with Crippen LogP contribution in [0.4, 0.5) is 5.69 Å². The number of anilines is 1. The minimum absolute atomic E-state index is 0.0535. The average Bonchev–Trinajstić information content (AvgIpc) is 2.73. The number of rotatable bonds is 7. The highest BCUT2D eigenvalue weighted by Crippen LogP contribution is 2.23. The number of carbonyl (C=O) groups excluding carboxylic acids is 5. The molecular formula is C19H22N2O8S. The normalized spacial score (nSPS) is 18.0. The predicted octanol–water partition coefficient (Wildman–Crippen LogP) is 0.752. The fourth-order valence-corrected chi connectivity index (χ4v) is 3.80. The summed E-state index contributed by atoms with van der Waals surface area (Å²) >= 11 is 1.17. The third kappa shape index (κ3) is 5.96. The van der Waals surface area contributed by atoms with Gasteiger partial charge in [-0.25, -0.2) is 14.4 Å². The molecule has 1 fully saturated rings. The summed E-state index contributed by atoms with van der Waals surface area (Å²) in [4.78, 5) is 60.0. The molecule has 0 unspecified atom stereocenters. The van der Waals surface area contributed by atoms with Gasteiger partial charge in [0.2, 0.25) is 11.8 Å². The number of hydrogen-bond donors (Lipinski definition) is 2. The van der Waals surface area contributed by atoms with E-state index in [2.05, 4.69) is 20.1 Å². The first-order valence-corrected chi connectivity index (χ1v) is 10.0. The summed E-state index contributed by atoms with van der Waals surface area (Å²) in [6, 6.07) is 3.23. The molecule has 1 aliphatic rings. The number of esters is 3. The zero-order valence-electron chi connectivity index (χ0n) is 16.7. The van der Waals surface area contributed by atoms with Crippen molar-refractivity contribution in [1.29, 1.82) is 0 Å². The molecule has 0 radical (unpaired) electrons. The van der Waals surface area contributed by atoms with Gasteiger partial charge in [-0.1, -0.05) is 0 Å². The highest BCUT2D eigenvalue weighted by molar-refractivity contribution is 8.00. The molecule has 0 aliphatic carbocycles. The Morgan fingerprint density at radius 3 is 2.20 bits per heavy atom. The van der Waals surface area contributed by atoms with Crippen LogP contribution in [-0.2, 0) is 28.6 Å². The molecule has 0 saturated carbocycles. The van der Waals surface area contributed by atoms with E-state index < -0.39 is 41.0 Å². The van der Waals surface area contributed by atoms with Gasteiger partial charge in [-0.3, -0.25) is 9.59 Å². The number of methoxy groups -OCH3 is 2. The summed E-state index contributed by atoms with van der Waals surface area (Å²) in [5.41, 5.74) is 0.282. The Kier molecular flexibility index (Phi) is 8.22. The summed E-state index contributed by atoms with van der Waals surface area (Å²) in [5, 5.41) is 4.42. The smallest absolute Gasteiger partial charge is 0.337 e. The lowest BCUT2D eigenvalue weighted by Crippen LogP contribution is -2.51. The molecule has 1 aromatic carbocycles. The van der Waals surface area contributed by atoms with Crippen LogP contribution in [0.15, 0.2) is 18.2 Å². The minimum atomic E-state index is -0.749. The molecule has 2 atom stereocenters. The van der Waals surface area contributed by atoms with E-state index in [0.717, 1.165) is 0 Å². The zero-order valence-corrected chi connectivity index (χ0v) is 17.5. The Morgan fingerprint density at radius 1 is 1.10 bits per heavy atom. The van der Waals surface area contributed by atoms with E-state index in [1.807, 2.05) is 0 Å². The van der Waals surface area contributed by atoms with Crippen molar-refractivity contribution in [2.45, 2.75) is 24.6 Å². The van der Waals surface area contributed by atoms with Gasteiger partial charge >= 0.3 is 17.9 Å². The molecule has 1 saturated heterocycles.